The molecular formula is C17H21N3O2S. The number of carbonyl (C=O) groups is 1. The van der Waals surface area contributed by atoms with Gasteiger partial charge in [0.15, 0.2) is 0 Å². The van der Waals surface area contributed by atoms with E-state index in [1.165, 1.54) is 11.3 Å². The number of carbonyl (C=O) groups excluding carboxylic acids is 1. The molecule has 0 unspecified atom stereocenters. The van der Waals surface area contributed by atoms with E-state index in [1.807, 2.05) is 28.5 Å². The van der Waals surface area contributed by atoms with Crippen LogP contribution < -0.4 is 0 Å². The smallest absolute Gasteiger partial charge is 0.228 e. The quantitative estimate of drug-likeness (QED) is 0.913. The molecule has 0 spiro atoms. The van der Waals surface area contributed by atoms with Gasteiger partial charge in [-0.15, -0.1) is 11.3 Å². The summed E-state index contributed by atoms with van der Waals surface area (Å²) in [5, 5.41) is 12.2. The van der Waals surface area contributed by atoms with Crippen LogP contribution in [0, 0.1) is 5.92 Å². The maximum absolute atomic E-state index is 12.6. The van der Waals surface area contributed by atoms with Gasteiger partial charge in [0.2, 0.25) is 5.91 Å². The summed E-state index contributed by atoms with van der Waals surface area (Å²) in [6, 6.07) is 5.88. The predicted molar refractivity (Wildman–Crippen MR) is 90.0 cm³/mol. The van der Waals surface area contributed by atoms with Crippen molar-refractivity contribution in [1.29, 1.82) is 0 Å². The minimum Gasteiger partial charge on any atom is -0.396 e. The number of hydrogen-bond donors (Lipinski definition) is 1. The summed E-state index contributed by atoms with van der Waals surface area (Å²) in [7, 11) is 0. The van der Waals surface area contributed by atoms with Gasteiger partial charge in [0.1, 0.15) is 5.01 Å². The summed E-state index contributed by atoms with van der Waals surface area (Å²) >= 11 is 1.51. The van der Waals surface area contributed by atoms with Crippen LogP contribution in [0.1, 0.15) is 25.5 Å². The highest BCUT2D eigenvalue weighted by Crippen LogP contribution is 2.28. The molecule has 2 aromatic rings. The lowest BCUT2D eigenvalue weighted by atomic mass is 9.99. The van der Waals surface area contributed by atoms with Crippen molar-refractivity contribution in [2.45, 2.75) is 32.2 Å². The van der Waals surface area contributed by atoms with Gasteiger partial charge in [-0.1, -0.05) is 13.0 Å². The molecule has 2 aromatic heterocycles. The molecule has 0 saturated carbocycles. The molecule has 0 aliphatic carbocycles. The molecular weight excluding hydrogens is 310 g/mol. The molecule has 0 radical (unpaired) electrons. The minimum absolute atomic E-state index is 0.102. The van der Waals surface area contributed by atoms with Gasteiger partial charge in [0, 0.05) is 36.7 Å². The second-order valence-electron chi connectivity index (χ2n) is 5.83. The Morgan fingerprint density at radius 3 is 3.04 bits per heavy atom. The second-order valence-corrected chi connectivity index (χ2v) is 6.69. The fourth-order valence-electron chi connectivity index (χ4n) is 3.25. The molecule has 5 nitrogen and oxygen atoms in total. The highest BCUT2D eigenvalue weighted by Gasteiger charge is 2.35. The van der Waals surface area contributed by atoms with Crippen LogP contribution in [0.5, 0.6) is 0 Å². The molecule has 0 aromatic carbocycles. The summed E-state index contributed by atoms with van der Waals surface area (Å²) in [5.74, 6) is 0.314. The van der Waals surface area contributed by atoms with E-state index in [9.17, 15) is 9.90 Å². The molecule has 1 aliphatic rings. The van der Waals surface area contributed by atoms with E-state index in [-0.39, 0.29) is 24.5 Å². The maximum Gasteiger partial charge on any atom is 0.228 e. The Kier molecular flexibility index (Phi) is 5.03. The Balaban J connectivity index is 1.68. The van der Waals surface area contributed by atoms with E-state index in [4.69, 9.17) is 0 Å². The Morgan fingerprint density at radius 1 is 1.48 bits per heavy atom. The van der Waals surface area contributed by atoms with Crippen molar-refractivity contribution in [3.63, 3.8) is 0 Å². The number of aliphatic hydroxyl groups is 1. The Labute approximate surface area is 140 Å². The molecule has 1 saturated heterocycles. The highest BCUT2D eigenvalue weighted by molar-refractivity contribution is 7.13. The molecule has 1 aliphatic heterocycles. The largest absolute Gasteiger partial charge is 0.396 e. The third-order valence-corrected chi connectivity index (χ3v) is 5.34. The number of thiazole rings is 1. The van der Waals surface area contributed by atoms with E-state index in [0.29, 0.717) is 6.42 Å². The SMILES string of the molecule is CC[C@@H]1[C@H](CO)CCN1C(=O)Cc1csc(-c2ccccn2)n1. The standard InChI is InChI=1S/C17H21N3O2S/c1-2-15-12(10-21)6-8-20(15)16(22)9-13-11-23-17(19-13)14-5-3-4-7-18-14/h3-5,7,11-12,15,21H,2,6,8-10H2,1H3/t12-,15+/m0/s1. The molecule has 3 rings (SSSR count). The summed E-state index contributed by atoms with van der Waals surface area (Å²) in [6.45, 7) is 2.96. The molecule has 122 valence electrons. The van der Waals surface area contributed by atoms with E-state index in [1.54, 1.807) is 6.20 Å². The predicted octanol–water partition coefficient (Wildman–Crippen LogP) is 2.37. The zero-order valence-corrected chi connectivity index (χ0v) is 14.0. The number of hydrogen-bond acceptors (Lipinski definition) is 5. The van der Waals surface area contributed by atoms with Gasteiger partial charge in [0.25, 0.3) is 0 Å². The summed E-state index contributed by atoms with van der Waals surface area (Å²) in [5.41, 5.74) is 1.63. The van der Waals surface area contributed by atoms with E-state index >= 15 is 0 Å². The maximum atomic E-state index is 12.6. The number of nitrogens with zero attached hydrogens (tertiary/aromatic N) is 3. The zero-order valence-electron chi connectivity index (χ0n) is 13.2. The number of aliphatic hydroxyl groups excluding tert-OH is 1. The fraction of sp³-hybridized carbons (Fsp3) is 0.471. The van der Waals surface area contributed by atoms with E-state index in [2.05, 4.69) is 16.9 Å². The van der Waals surface area contributed by atoms with Gasteiger partial charge in [0.05, 0.1) is 17.8 Å². The third-order valence-electron chi connectivity index (χ3n) is 4.43. The first-order chi connectivity index (χ1) is 11.2. The van der Waals surface area contributed by atoms with Crippen molar-refractivity contribution in [3.05, 3.63) is 35.5 Å². The Bertz CT molecular complexity index is 659. The monoisotopic (exact) mass is 331 g/mol. The van der Waals surface area contributed by atoms with Gasteiger partial charge >= 0.3 is 0 Å². The molecule has 1 fully saturated rings. The van der Waals surface area contributed by atoms with Crippen LogP contribution in [-0.2, 0) is 11.2 Å². The first kappa shape index (κ1) is 16.1. The highest BCUT2D eigenvalue weighted by atomic mass is 32.1. The lowest BCUT2D eigenvalue weighted by Gasteiger charge is -2.26. The van der Waals surface area contributed by atoms with E-state index in [0.717, 1.165) is 35.8 Å². The van der Waals surface area contributed by atoms with Crippen LogP contribution in [0.25, 0.3) is 10.7 Å². The van der Waals surface area contributed by atoms with Crippen LogP contribution in [0.15, 0.2) is 29.8 Å². The topological polar surface area (TPSA) is 66.3 Å². The minimum atomic E-state index is 0.102. The average molecular weight is 331 g/mol. The number of aromatic nitrogens is 2. The van der Waals surface area contributed by atoms with Crippen LogP contribution in [0.3, 0.4) is 0 Å². The van der Waals surface area contributed by atoms with Gasteiger partial charge in [-0.3, -0.25) is 9.78 Å². The van der Waals surface area contributed by atoms with Crippen molar-refractivity contribution >= 4 is 17.2 Å². The fourth-order valence-corrected chi connectivity index (χ4v) is 4.04. The normalized spacial score (nSPS) is 20.9. The van der Waals surface area contributed by atoms with Gasteiger partial charge in [-0.2, -0.15) is 0 Å². The van der Waals surface area contributed by atoms with Gasteiger partial charge in [-0.05, 0) is 25.0 Å². The Hall–Kier alpha value is -1.79. The first-order valence-corrected chi connectivity index (χ1v) is 8.87. The number of rotatable bonds is 5. The van der Waals surface area contributed by atoms with Crippen LogP contribution in [0.4, 0.5) is 0 Å². The van der Waals surface area contributed by atoms with Crippen molar-refractivity contribution < 1.29 is 9.90 Å². The lowest BCUT2D eigenvalue weighted by Crippen LogP contribution is -2.39. The van der Waals surface area contributed by atoms with Gasteiger partial charge < -0.3 is 10.0 Å². The third kappa shape index (κ3) is 3.43. The Morgan fingerprint density at radius 2 is 2.35 bits per heavy atom. The molecule has 1 N–H and O–H groups in total. The molecule has 23 heavy (non-hydrogen) atoms. The van der Waals surface area contributed by atoms with Crippen LogP contribution in [-0.4, -0.2) is 45.1 Å². The van der Waals surface area contributed by atoms with Crippen molar-refractivity contribution in [2.75, 3.05) is 13.2 Å². The summed E-state index contributed by atoms with van der Waals surface area (Å²) in [6.07, 6.45) is 3.83. The average Bonchev–Trinajstić information content (AvgIpc) is 3.21. The molecule has 6 heteroatoms. The van der Waals surface area contributed by atoms with E-state index < -0.39 is 0 Å². The first-order valence-electron chi connectivity index (χ1n) is 7.99. The zero-order chi connectivity index (χ0) is 16.2. The number of likely N-dealkylation sites (tertiary alicyclic amines) is 1. The number of amides is 1. The summed E-state index contributed by atoms with van der Waals surface area (Å²) in [4.78, 5) is 23.3. The van der Waals surface area contributed by atoms with Gasteiger partial charge in [-0.25, -0.2) is 4.98 Å². The number of pyridine rings is 1. The van der Waals surface area contributed by atoms with Crippen LogP contribution >= 0.6 is 11.3 Å². The van der Waals surface area contributed by atoms with Crippen LogP contribution in [0.2, 0.25) is 0 Å². The molecule has 3 heterocycles. The van der Waals surface area contributed by atoms with Crippen molar-refractivity contribution in [1.82, 2.24) is 14.9 Å². The van der Waals surface area contributed by atoms with Crippen molar-refractivity contribution in [2.24, 2.45) is 5.92 Å². The molecule has 0 bridgehead atoms. The van der Waals surface area contributed by atoms with Crippen molar-refractivity contribution in [3.8, 4) is 10.7 Å². The lowest BCUT2D eigenvalue weighted by molar-refractivity contribution is -0.131. The second kappa shape index (κ2) is 7.19. The summed E-state index contributed by atoms with van der Waals surface area (Å²) < 4.78 is 0. The molecule has 2 atom stereocenters. The molecule has 1 amide bonds.